The third kappa shape index (κ3) is 4.82. The third-order valence-electron chi connectivity index (χ3n) is 4.55. The number of ether oxygens (including phenoxy) is 2. The highest BCUT2D eigenvalue weighted by Gasteiger charge is 2.33. The Hall–Kier alpha value is -0.880. The minimum Gasteiger partial charge on any atom is -0.375 e. The lowest BCUT2D eigenvalue weighted by Crippen LogP contribution is -2.43. The molecule has 24 heavy (non-hydrogen) atoms. The summed E-state index contributed by atoms with van der Waals surface area (Å²) >= 11 is 1.98. The van der Waals surface area contributed by atoms with Gasteiger partial charge in [-0.3, -0.25) is 0 Å². The minimum atomic E-state index is 0.379. The number of piperidine rings is 1. The van der Waals surface area contributed by atoms with E-state index in [4.69, 9.17) is 12.5 Å². The molecule has 0 bridgehead atoms. The molecule has 5 nitrogen and oxygen atoms in total. The average Bonchev–Trinajstić information content (AvgIpc) is 2.59. The first kappa shape index (κ1) is 17.9. The quantitative estimate of drug-likeness (QED) is 0.519. The van der Waals surface area contributed by atoms with Crippen molar-refractivity contribution in [3.63, 3.8) is 0 Å². The molecule has 1 saturated heterocycles. The van der Waals surface area contributed by atoms with Gasteiger partial charge in [0.15, 0.2) is 0 Å². The van der Waals surface area contributed by atoms with Crippen LogP contribution in [0.1, 0.15) is 31.4 Å². The van der Waals surface area contributed by atoms with Crippen LogP contribution >= 0.6 is 23.0 Å². The molecule has 0 spiro atoms. The van der Waals surface area contributed by atoms with Crippen molar-refractivity contribution in [2.24, 2.45) is 0 Å². The molecule has 1 aliphatic heterocycles. The van der Waals surface area contributed by atoms with Crippen molar-refractivity contribution < 1.29 is 12.5 Å². The van der Waals surface area contributed by atoms with E-state index in [0.717, 1.165) is 44.5 Å². The molecular weight excluding hydrogens is 419 g/mol. The summed E-state index contributed by atoms with van der Waals surface area (Å²) in [6, 6.07) is 4.11. The number of hydrogen-bond donors (Lipinski definition) is 0. The number of halogens is 1. The second-order valence-electron chi connectivity index (χ2n) is 6.26. The van der Waals surface area contributed by atoms with Crippen molar-refractivity contribution >= 4 is 28.7 Å². The second-order valence-corrected chi connectivity index (χ2v) is 6.77. The summed E-state index contributed by atoms with van der Waals surface area (Å²) < 4.78 is 16.4. The number of hydrogen-bond acceptors (Lipinski definition) is 5. The van der Waals surface area contributed by atoms with Gasteiger partial charge in [-0.15, -0.1) is 0 Å². The van der Waals surface area contributed by atoms with E-state index in [1.54, 1.807) is 7.11 Å². The topological polar surface area (TPSA) is 43.8 Å². The maximum Gasteiger partial charge on any atom is 0.115 e. The van der Waals surface area contributed by atoms with Crippen LogP contribution in [0.15, 0.2) is 18.3 Å². The molecule has 2 heterocycles. The van der Waals surface area contributed by atoms with Crippen molar-refractivity contribution in [3.05, 3.63) is 24.0 Å². The number of rotatable bonds is 5. The van der Waals surface area contributed by atoms with Crippen LogP contribution in [0.5, 0.6) is 0 Å². The SMILES string of the molecule is COCC#Cc1cc(N2CCC(OC3CC(OI)C3)CC2)ccn1. The molecule has 0 atom stereocenters. The summed E-state index contributed by atoms with van der Waals surface area (Å²) in [7, 11) is 1.64. The molecule has 0 radical (unpaired) electrons. The first-order valence-electron chi connectivity index (χ1n) is 8.40. The first-order valence-corrected chi connectivity index (χ1v) is 9.28. The van der Waals surface area contributed by atoms with Gasteiger partial charge >= 0.3 is 0 Å². The van der Waals surface area contributed by atoms with Crippen LogP contribution in [0.4, 0.5) is 5.69 Å². The Balaban J connectivity index is 1.48. The maximum absolute atomic E-state index is 6.17. The zero-order valence-corrected chi connectivity index (χ0v) is 16.1. The molecule has 130 valence electrons. The van der Waals surface area contributed by atoms with Crippen molar-refractivity contribution in [2.75, 3.05) is 31.7 Å². The Morgan fingerprint density at radius 3 is 2.75 bits per heavy atom. The molecular formula is C18H23IN2O3. The van der Waals surface area contributed by atoms with E-state index in [9.17, 15) is 0 Å². The molecule has 0 unspecified atom stereocenters. The van der Waals surface area contributed by atoms with Crippen molar-refractivity contribution in [1.29, 1.82) is 0 Å². The van der Waals surface area contributed by atoms with Gasteiger partial charge in [-0.1, -0.05) is 5.92 Å². The summed E-state index contributed by atoms with van der Waals surface area (Å²) in [6.07, 6.45) is 7.21. The Bertz CT molecular complexity index is 587. The lowest BCUT2D eigenvalue weighted by Gasteiger charge is -2.39. The molecule has 2 aliphatic rings. The lowest BCUT2D eigenvalue weighted by atomic mass is 9.91. The van der Waals surface area contributed by atoms with Gasteiger partial charge in [0.05, 0.1) is 18.3 Å². The van der Waals surface area contributed by atoms with Gasteiger partial charge in [0.1, 0.15) is 35.3 Å². The number of pyridine rings is 1. The molecule has 1 aliphatic carbocycles. The largest absolute Gasteiger partial charge is 0.375 e. The fourth-order valence-corrected chi connectivity index (χ4v) is 3.52. The Morgan fingerprint density at radius 1 is 1.25 bits per heavy atom. The molecule has 1 aromatic rings. The third-order valence-corrected chi connectivity index (χ3v) is 5.27. The van der Waals surface area contributed by atoms with Gasteiger partial charge in [-0.05, 0) is 30.9 Å². The summed E-state index contributed by atoms with van der Waals surface area (Å²) in [4.78, 5) is 6.69. The van der Waals surface area contributed by atoms with Crippen LogP contribution in [0.3, 0.4) is 0 Å². The monoisotopic (exact) mass is 442 g/mol. The predicted octanol–water partition coefficient (Wildman–Crippen LogP) is 2.96. The highest BCUT2D eigenvalue weighted by Crippen LogP contribution is 2.31. The van der Waals surface area contributed by atoms with E-state index in [2.05, 4.69) is 33.9 Å². The number of anilines is 1. The van der Waals surface area contributed by atoms with Gasteiger partial charge in [0, 0.05) is 44.9 Å². The molecule has 1 aromatic heterocycles. The normalized spacial score (nSPS) is 24.2. The van der Waals surface area contributed by atoms with Crippen LogP contribution in [0.2, 0.25) is 0 Å². The highest BCUT2D eigenvalue weighted by molar-refractivity contribution is 14.1. The first-order chi connectivity index (χ1) is 11.8. The molecule has 1 saturated carbocycles. The van der Waals surface area contributed by atoms with E-state index < -0.39 is 0 Å². The van der Waals surface area contributed by atoms with Crippen molar-refractivity contribution in [2.45, 2.75) is 44.0 Å². The second kappa shape index (κ2) is 8.99. The van der Waals surface area contributed by atoms with Crippen molar-refractivity contribution in [3.8, 4) is 11.8 Å². The lowest BCUT2D eigenvalue weighted by molar-refractivity contribution is -0.0933. The summed E-state index contributed by atoms with van der Waals surface area (Å²) in [5, 5.41) is 0. The fraction of sp³-hybridized carbons (Fsp3) is 0.611. The Kier molecular flexibility index (Phi) is 6.72. The van der Waals surface area contributed by atoms with E-state index in [1.165, 1.54) is 5.69 Å². The number of aromatic nitrogens is 1. The van der Waals surface area contributed by atoms with Crippen LogP contribution in [-0.4, -0.2) is 50.1 Å². The van der Waals surface area contributed by atoms with Crippen LogP contribution in [-0.2, 0) is 12.5 Å². The summed E-state index contributed by atoms with van der Waals surface area (Å²) in [6.45, 7) is 2.45. The number of nitrogens with zero attached hydrogens (tertiary/aromatic N) is 2. The summed E-state index contributed by atoms with van der Waals surface area (Å²) in [5.74, 6) is 5.98. The van der Waals surface area contributed by atoms with Crippen LogP contribution in [0, 0.1) is 11.8 Å². The minimum absolute atomic E-state index is 0.379. The molecule has 3 rings (SSSR count). The van der Waals surface area contributed by atoms with E-state index in [0.29, 0.717) is 24.9 Å². The Labute approximate surface area is 157 Å². The smallest absolute Gasteiger partial charge is 0.115 e. The molecule has 0 N–H and O–H groups in total. The van der Waals surface area contributed by atoms with Gasteiger partial charge in [0.2, 0.25) is 0 Å². The van der Waals surface area contributed by atoms with Gasteiger partial charge < -0.3 is 17.4 Å². The zero-order valence-electron chi connectivity index (χ0n) is 13.9. The molecule has 0 amide bonds. The van der Waals surface area contributed by atoms with Crippen molar-refractivity contribution in [1.82, 2.24) is 4.98 Å². The van der Waals surface area contributed by atoms with E-state index in [1.807, 2.05) is 29.2 Å². The standard InChI is InChI=1S/C18H23IN2O3/c1-22-10-2-3-14-11-15(4-7-20-14)21-8-5-16(6-9-21)23-17-12-18(13-17)24-19/h4,7,11,16-18H,5-6,8-10,12-13H2,1H3. The molecule has 2 fully saturated rings. The van der Waals surface area contributed by atoms with Crippen LogP contribution in [0.25, 0.3) is 0 Å². The number of methoxy groups -OCH3 is 1. The molecule has 0 aromatic carbocycles. The van der Waals surface area contributed by atoms with Gasteiger partial charge in [-0.25, -0.2) is 4.98 Å². The van der Waals surface area contributed by atoms with Gasteiger partial charge in [0.25, 0.3) is 0 Å². The summed E-state index contributed by atoms with van der Waals surface area (Å²) in [5.41, 5.74) is 1.98. The van der Waals surface area contributed by atoms with Gasteiger partial charge in [-0.2, -0.15) is 0 Å². The fourth-order valence-electron chi connectivity index (χ4n) is 3.11. The highest BCUT2D eigenvalue weighted by atomic mass is 127. The van der Waals surface area contributed by atoms with E-state index in [-0.39, 0.29) is 0 Å². The van der Waals surface area contributed by atoms with Crippen LogP contribution < -0.4 is 4.90 Å². The maximum atomic E-state index is 6.17. The Morgan fingerprint density at radius 2 is 2.04 bits per heavy atom. The zero-order chi connectivity index (χ0) is 16.8. The van der Waals surface area contributed by atoms with E-state index >= 15 is 0 Å². The average molecular weight is 442 g/mol. The predicted molar refractivity (Wildman–Crippen MR) is 101 cm³/mol. The molecule has 6 heteroatoms.